The van der Waals surface area contributed by atoms with Gasteiger partial charge in [-0.2, -0.15) is 5.48 Å². The second kappa shape index (κ2) is 77.3. The van der Waals surface area contributed by atoms with Gasteiger partial charge >= 0.3 is 47.9 Å². The van der Waals surface area contributed by atoms with Crippen molar-refractivity contribution in [2.45, 2.75) is 251 Å². The van der Waals surface area contributed by atoms with E-state index in [0.717, 1.165) is 73.2 Å². The Kier molecular flexibility index (Phi) is 81.7. The number of nitrogens with one attached hydrogen (secondary N) is 3. The minimum atomic E-state index is -1.23. The molecule has 738 valence electrons. The number of alkyl carbamates (subject to hydrolysis) is 1. The summed E-state index contributed by atoms with van der Waals surface area (Å²) in [6.07, 6.45) is 3.57. The standard InChI is InChI=1S/C18H19NO4.C15H22N2O4.C15H21NO4.C12H21NO5.C12H14O3S.C9H16O3S.C8H14O3S.7CH4/c20-14-19(23-13-16-9-5-2-6-10-16)12-17(18(21)22)11-15-7-3-1-4-8-15;1-15(2,3)21-14(19)16-12(10-13(18)17-20)9-11-7-5-4-6-8-11;1-12(2)8-14(15(18)19)9-16(11-17)20-10-13-6-4-3-5-7-13;1-7(2)6-8(10(15)16)9(14)13-18-11(17)12(3,4)5;1-9(13)16-8-11(12(14)15)7-10-5-3-2-4-6-10;1-6(2)4-8(9(11)12)5-13-7(3)10;1-5(2)4-7(8(10)11)12-6(3)9;;;;;;;/h1-10,14,17H,11-13H2,(H,21,22);4-8,12,20H,9-10H2,1-3H3,(H,16,19)(H,17,18);3-7,11-12,14H,8-10H2,1-2H3,(H,18,19);7-8H,6H2,1-5H3,(H,13,14)(H,15,16);2-6,11H,7-8H2,1H3,(H,14,15);6,8H,4-5H2,1-3H3,(H,11,12);5,7H,4H2,1-3H3,(H,10,11);7*1H4. The van der Waals surface area contributed by atoms with Crippen LogP contribution in [0.5, 0.6) is 0 Å². The van der Waals surface area contributed by atoms with Crippen molar-refractivity contribution in [1.29, 1.82) is 0 Å². The second-order valence-corrected chi connectivity index (χ2v) is 35.6. The third kappa shape index (κ3) is 73.3. The molecule has 0 aliphatic heterocycles. The molecule has 7 atom stereocenters. The van der Waals surface area contributed by atoms with Crippen LogP contribution in [0.25, 0.3) is 0 Å². The number of nitrogens with zero attached hydrogens (tertiary/aromatic N) is 2. The fourth-order valence-corrected chi connectivity index (χ4v) is 12.6. The minimum Gasteiger partial charge on any atom is -0.481 e. The first-order valence-electron chi connectivity index (χ1n) is 39.7. The smallest absolute Gasteiger partial charge is 0.407 e. The zero-order chi connectivity index (χ0) is 94.0. The van der Waals surface area contributed by atoms with Crippen molar-refractivity contribution in [2.24, 2.45) is 58.7 Å². The molecule has 31 nitrogen and oxygen atoms in total. The Hall–Kier alpha value is -10.5. The number of hydroxylamine groups is 6. The maximum absolute atomic E-state index is 11.8. The topological polar surface area (TPSA) is 477 Å². The summed E-state index contributed by atoms with van der Waals surface area (Å²) in [4.78, 5) is 181. The van der Waals surface area contributed by atoms with Gasteiger partial charge in [-0.3, -0.25) is 77.2 Å². The molecule has 5 aromatic carbocycles. The zero-order valence-electron chi connectivity index (χ0n) is 73.3. The molecule has 0 spiro atoms. The number of carbonyl (C=O) groups excluding carboxylic acids is 9. The van der Waals surface area contributed by atoms with Crippen LogP contribution in [0, 0.1) is 58.7 Å². The Morgan fingerprint density at radius 2 is 0.746 bits per heavy atom. The van der Waals surface area contributed by atoms with Crippen LogP contribution in [0.4, 0.5) is 4.79 Å². The molecule has 5 aromatic rings. The molecule has 0 fully saturated rings. The lowest BCUT2D eigenvalue weighted by Gasteiger charge is -2.23. The Balaban J connectivity index is -0.000000188. The highest BCUT2D eigenvalue weighted by atomic mass is 32.2. The average molecular weight is 1890 g/mol. The fourth-order valence-electron chi connectivity index (χ4n) is 10.2. The highest BCUT2D eigenvalue weighted by molar-refractivity contribution is 8.14. The molecular formula is C96H155N5O26S3. The molecular weight excluding hydrogens is 1740 g/mol. The van der Waals surface area contributed by atoms with Gasteiger partial charge in [0.1, 0.15) is 30.0 Å². The molecule has 10 N–H and O–H groups in total. The van der Waals surface area contributed by atoms with Crippen LogP contribution in [0.15, 0.2) is 152 Å². The van der Waals surface area contributed by atoms with Crippen molar-refractivity contribution < 1.29 is 127 Å². The molecule has 5 amide bonds. The second-order valence-electron chi connectivity index (χ2n) is 31.8. The van der Waals surface area contributed by atoms with Gasteiger partial charge in [0.2, 0.25) is 18.7 Å². The molecule has 0 bridgehead atoms. The van der Waals surface area contributed by atoms with Crippen molar-refractivity contribution in [2.75, 3.05) is 24.6 Å². The number of carboxylic acid groups (broad SMARTS) is 6. The molecule has 5 rings (SSSR count). The first-order chi connectivity index (χ1) is 57.5. The molecule has 0 saturated carbocycles. The van der Waals surface area contributed by atoms with Crippen molar-refractivity contribution in [3.05, 3.63) is 179 Å². The van der Waals surface area contributed by atoms with Gasteiger partial charge in [-0.15, -0.1) is 0 Å². The van der Waals surface area contributed by atoms with E-state index >= 15 is 0 Å². The molecule has 0 aliphatic carbocycles. The Morgan fingerprint density at radius 3 is 1.05 bits per heavy atom. The Labute approximate surface area is 786 Å². The summed E-state index contributed by atoms with van der Waals surface area (Å²) in [7, 11) is 0. The fraction of sp³-hybridized carbons (Fsp3) is 0.531. The quantitative estimate of drug-likeness (QED) is 0.00752. The van der Waals surface area contributed by atoms with E-state index in [9.17, 15) is 77.0 Å². The van der Waals surface area contributed by atoms with Gasteiger partial charge in [-0.05, 0) is 138 Å². The number of carbonyl (C=O) groups is 15. The highest BCUT2D eigenvalue weighted by Crippen LogP contribution is 2.23. The molecule has 7 unspecified atom stereocenters. The summed E-state index contributed by atoms with van der Waals surface area (Å²) in [6.45, 7) is 30.4. The maximum Gasteiger partial charge on any atom is 0.407 e. The first kappa shape index (κ1) is 137. The summed E-state index contributed by atoms with van der Waals surface area (Å²) >= 11 is 3.05. The van der Waals surface area contributed by atoms with E-state index in [4.69, 9.17) is 45.2 Å². The molecule has 0 saturated heterocycles. The highest BCUT2D eigenvalue weighted by Gasteiger charge is 2.32. The number of hydrogen-bond donors (Lipinski definition) is 10. The molecule has 130 heavy (non-hydrogen) atoms. The molecule has 0 radical (unpaired) electrons. The van der Waals surface area contributed by atoms with Crippen LogP contribution < -0.4 is 16.3 Å². The molecule has 34 heteroatoms. The number of hydrogen-bond acceptors (Lipinski definition) is 23. The van der Waals surface area contributed by atoms with Crippen molar-refractivity contribution in [1.82, 2.24) is 26.4 Å². The van der Waals surface area contributed by atoms with Gasteiger partial charge in [0.05, 0.1) is 42.2 Å². The van der Waals surface area contributed by atoms with Crippen molar-refractivity contribution in [3.8, 4) is 0 Å². The van der Waals surface area contributed by atoms with E-state index < -0.39 is 112 Å². The van der Waals surface area contributed by atoms with E-state index in [2.05, 4.69) is 10.2 Å². The van der Waals surface area contributed by atoms with Crippen LogP contribution in [0.3, 0.4) is 0 Å². The van der Waals surface area contributed by atoms with Gasteiger partial charge in [0.25, 0.3) is 5.91 Å². The number of thioether (sulfide) groups is 3. The van der Waals surface area contributed by atoms with E-state index in [1.807, 2.05) is 213 Å². The van der Waals surface area contributed by atoms with Crippen LogP contribution in [0.2, 0.25) is 0 Å². The van der Waals surface area contributed by atoms with Crippen molar-refractivity contribution in [3.63, 3.8) is 0 Å². The third-order valence-electron chi connectivity index (χ3n) is 16.1. The minimum absolute atomic E-state index is 0. The number of benzene rings is 5. The van der Waals surface area contributed by atoms with Crippen LogP contribution in [-0.2, 0) is 119 Å². The van der Waals surface area contributed by atoms with Gasteiger partial charge in [-0.25, -0.2) is 25.2 Å². The molecule has 0 aliphatic rings. The summed E-state index contributed by atoms with van der Waals surface area (Å²) in [5.41, 5.74) is 6.82. The zero-order valence-corrected chi connectivity index (χ0v) is 75.8. The predicted molar refractivity (Wildman–Crippen MR) is 516 cm³/mol. The normalized spacial score (nSPS) is 11.7. The van der Waals surface area contributed by atoms with Gasteiger partial charge in [0, 0.05) is 44.7 Å². The number of amides is 5. The summed E-state index contributed by atoms with van der Waals surface area (Å²) in [5, 5.41) is 66.6. The monoisotopic (exact) mass is 1890 g/mol. The number of aliphatic carboxylic acids is 6. The number of carboxylic acids is 6. The van der Waals surface area contributed by atoms with Gasteiger partial charge < -0.3 is 45.5 Å². The third-order valence-corrected chi connectivity index (χ3v) is 19.1. The van der Waals surface area contributed by atoms with Gasteiger partial charge in [-0.1, -0.05) is 294 Å². The van der Waals surface area contributed by atoms with E-state index in [1.54, 1.807) is 47.0 Å². The predicted octanol–water partition coefficient (Wildman–Crippen LogP) is 18.7. The van der Waals surface area contributed by atoms with Gasteiger partial charge in [0.15, 0.2) is 15.3 Å². The summed E-state index contributed by atoms with van der Waals surface area (Å²) in [6, 6.07) is 46.6. The van der Waals surface area contributed by atoms with Crippen LogP contribution in [-0.4, -0.2) is 175 Å². The van der Waals surface area contributed by atoms with Crippen LogP contribution >= 0.6 is 35.3 Å². The average Bonchev–Trinajstić information content (AvgIpc) is 0.904. The van der Waals surface area contributed by atoms with E-state index in [-0.39, 0.29) is 118 Å². The Morgan fingerprint density at radius 1 is 0.415 bits per heavy atom. The lowest BCUT2D eigenvalue weighted by molar-refractivity contribution is -0.184. The largest absolute Gasteiger partial charge is 0.481 e. The van der Waals surface area contributed by atoms with E-state index in [1.165, 1.54) is 20.8 Å². The number of ether oxygens (including phenoxy) is 1. The SMILES string of the molecule is C.C.C.C.C.C.C.CC(=O)SC(CC(C)C)C(=O)O.CC(=O)SCC(CC(C)C)C(=O)O.CC(=O)SCC(Cc1ccccc1)C(=O)O.CC(C)(C)OC(=O)NC(CC(=O)NO)Cc1ccccc1.CC(C)CC(C(=O)O)C(=O)NOC(=O)C(C)(C)C.CC(C)CC(CN(C=O)OCc1ccccc1)C(=O)O.O=CN(CC(Cc1ccccc1)C(=O)O)OCc1ccccc1. The summed E-state index contributed by atoms with van der Waals surface area (Å²) in [5.74, 6) is -9.40. The molecule has 0 aromatic heterocycles. The Bertz CT molecular complexity index is 3950. The molecule has 0 heterocycles. The first-order valence-corrected chi connectivity index (χ1v) is 42.5. The lowest BCUT2D eigenvalue weighted by atomic mass is 9.96. The maximum atomic E-state index is 11.8. The lowest BCUT2D eigenvalue weighted by Crippen LogP contribution is -2.42. The van der Waals surface area contributed by atoms with Crippen molar-refractivity contribution >= 4 is 123 Å². The van der Waals surface area contributed by atoms with E-state index in [0.29, 0.717) is 74.7 Å². The number of rotatable bonds is 41. The summed E-state index contributed by atoms with van der Waals surface area (Å²) < 4.78 is 5.18. The van der Waals surface area contributed by atoms with Crippen LogP contribution in [0.1, 0.15) is 230 Å².